The minimum absolute atomic E-state index is 0.409. The number of fused-ring (bicyclic) bond motifs is 1. The van der Waals surface area contributed by atoms with Gasteiger partial charge in [-0.05, 0) is 50.3 Å². The van der Waals surface area contributed by atoms with Crippen LogP contribution in [-0.4, -0.2) is 5.11 Å². The van der Waals surface area contributed by atoms with Crippen LogP contribution in [0.2, 0.25) is 0 Å². The van der Waals surface area contributed by atoms with Gasteiger partial charge in [0.05, 0.1) is 0 Å². The van der Waals surface area contributed by atoms with Crippen molar-refractivity contribution in [1.82, 2.24) is 0 Å². The van der Waals surface area contributed by atoms with E-state index in [-0.39, 0.29) is 0 Å². The third-order valence-corrected chi connectivity index (χ3v) is 2.99. The first-order valence-electron chi connectivity index (χ1n) is 4.84. The first-order valence-corrected chi connectivity index (χ1v) is 4.84. The van der Waals surface area contributed by atoms with Crippen LogP contribution in [0.5, 0.6) is 11.5 Å². The van der Waals surface area contributed by atoms with Crippen LogP contribution >= 0.6 is 0 Å². The highest BCUT2D eigenvalue weighted by molar-refractivity contribution is 5.58. The quantitative estimate of drug-likeness (QED) is 0.681. The predicted octanol–water partition coefficient (Wildman–Crippen LogP) is 2.68. The highest BCUT2D eigenvalue weighted by atomic mass is 16.5. The van der Waals surface area contributed by atoms with E-state index >= 15 is 0 Å². The summed E-state index contributed by atoms with van der Waals surface area (Å²) in [6.45, 7) is 8.70. The molecule has 0 fully saturated rings. The predicted molar refractivity (Wildman–Crippen MR) is 54.5 cm³/mol. The zero-order chi connectivity index (χ0) is 10.3. The van der Waals surface area contributed by atoms with Crippen molar-refractivity contribution < 1.29 is 9.84 Å². The Balaban J connectivity index is 2.71. The van der Waals surface area contributed by atoms with Crippen LogP contribution in [0.1, 0.15) is 28.7 Å². The van der Waals surface area contributed by atoms with Crippen molar-refractivity contribution in [2.75, 3.05) is 0 Å². The number of benzene rings is 1. The van der Waals surface area contributed by atoms with Crippen LogP contribution in [-0.2, 0) is 6.42 Å². The van der Waals surface area contributed by atoms with Crippen molar-refractivity contribution in [2.24, 2.45) is 0 Å². The molecule has 0 amide bonds. The van der Waals surface area contributed by atoms with Crippen LogP contribution in [0.15, 0.2) is 0 Å². The summed E-state index contributed by atoms with van der Waals surface area (Å²) in [6.07, 6.45) is 1.71. The van der Waals surface area contributed by atoms with E-state index in [0.29, 0.717) is 5.75 Å². The maximum absolute atomic E-state index is 9.87. The van der Waals surface area contributed by atoms with Gasteiger partial charge in [-0.25, -0.2) is 0 Å². The molecule has 0 unspecified atom stereocenters. The van der Waals surface area contributed by atoms with Gasteiger partial charge in [-0.1, -0.05) is 0 Å². The van der Waals surface area contributed by atoms with E-state index in [2.05, 4.69) is 6.61 Å². The summed E-state index contributed by atoms with van der Waals surface area (Å²) in [4.78, 5) is 0. The van der Waals surface area contributed by atoms with Crippen LogP contribution in [0.25, 0.3) is 0 Å². The molecule has 0 aliphatic carbocycles. The van der Waals surface area contributed by atoms with Crippen LogP contribution < -0.4 is 4.74 Å². The molecule has 1 heterocycles. The van der Waals surface area contributed by atoms with E-state index in [4.69, 9.17) is 4.74 Å². The standard InChI is InChI=1S/C12H14O2/c1-7-8(2)12-10(5-4-6-14-12)9(3)11(7)13/h13H,4-5H2,1-3H3. The third-order valence-electron chi connectivity index (χ3n) is 2.99. The van der Waals surface area contributed by atoms with Crippen molar-refractivity contribution >= 4 is 0 Å². The summed E-state index contributed by atoms with van der Waals surface area (Å²) in [5.74, 6) is 1.30. The summed E-state index contributed by atoms with van der Waals surface area (Å²) < 4.78 is 5.41. The second kappa shape index (κ2) is 3.19. The molecule has 0 spiro atoms. The summed E-state index contributed by atoms with van der Waals surface area (Å²) >= 11 is 0. The van der Waals surface area contributed by atoms with E-state index in [1.165, 1.54) is 0 Å². The van der Waals surface area contributed by atoms with E-state index in [1.807, 2.05) is 20.8 Å². The maximum atomic E-state index is 9.87. The molecule has 2 heteroatoms. The minimum atomic E-state index is 0.409. The maximum Gasteiger partial charge on any atom is 0.196 e. The zero-order valence-corrected chi connectivity index (χ0v) is 8.77. The Morgan fingerprint density at radius 1 is 1.14 bits per heavy atom. The number of hydrogen-bond donors (Lipinski definition) is 1. The first-order chi connectivity index (χ1) is 6.63. The Hall–Kier alpha value is -1.18. The Kier molecular flexibility index (Phi) is 2.14. The molecule has 1 aliphatic heterocycles. The van der Waals surface area contributed by atoms with Crippen LogP contribution in [0, 0.1) is 27.4 Å². The summed E-state index contributed by atoms with van der Waals surface area (Å²) in [5.41, 5.74) is 4.01. The van der Waals surface area contributed by atoms with Gasteiger partial charge in [-0.2, -0.15) is 0 Å². The smallest absolute Gasteiger partial charge is 0.196 e. The van der Waals surface area contributed by atoms with Crippen LogP contribution in [0.4, 0.5) is 0 Å². The molecule has 0 atom stereocenters. The Morgan fingerprint density at radius 3 is 2.57 bits per heavy atom. The molecule has 14 heavy (non-hydrogen) atoms. The molecule has 2 radical (unpaired) electrons. The Bertz CT molecular complexity index is 344. The fourth-order valence-corrected chi connectivity index (χ4v) is 1.91. The van der Waals surface area contributed by atoms with Gasteiger partial charge in [-0.3, -0.25) is 0 Å². The summed E-state index contributed by atoms with van der Waals surface area (Å²) in [5, 5.41) is 9.87. The van der Waals surface area contributed by atoms with Crippen molar-refractivity contribution in [2.45, 2.75) is 33.6 Å². The Labute approximate surface area is 84.5 Å². The molecular weight excluding hydrogens is 176 g/mol. The molecule has 1 aromatic carbocycles. The van der Waals surface area contributed by atoms with Gasteiger partial charge in [0.2, 0.25) is 0 Å². The first kappa shape index (κ1) is 9.38. The molecule has 2 nitrogen and oxygen atoms in total. The molecule has 0 saturated heterocycles. The fourth-order valence-electron chi connectivity index (χ4n) is 1.91. The molecule has 1 aliphatic rings. The number of phenols is 1. The average molecular weight is 190 g/mol. The van der Waals surface area contributed by atoms with Crippen molar-refractivity contribution in [3.05, 3.63) is 28.9 Å². The Morgan fingerprint density at radius 2 is 1.86 bits per heavy atom. The van der Waals surface area contributed by atoms with E-state index in [1.54, 1.807) is 0 Å². The average Bonchev–Trinajstić information content (AvgIpc) is 2.23. The fraction of sp³-hybridized carbons (Fsp3) is 0.417. The molecule has 1 aromatic rings. The van der Waals surface area contributed by atoms with Crippen molar-refractivity contribution in [3.8, 4) is 11.5 Å². The van der Waals surface area contributed by atoms with Crippen LogP contribution in [0.3, 0.4) is 0 Å². The second-order valence-corrected chi connectivity index (χ2v) is 3.78. The molecule has 0 bridgehead atoms. The van der Waals surface area contributed by atoms with Gasteiger partial charge in [0.1, 0.15) is 11.5 Å². The van der Waals surface area contributed by atoms with Gasteiger partial charge in [0, 0.05) is 5.56 Å². The molecule has 0 aromatic heterocycles. The lowest BCUT2D eigenvalue weighted by Crippen LogP contribution is -2.08. The third kappa shape index (κ3) is 1.17. The number of hydrogen-bond acceptors (Lipinski definition) is 2. The monoisotopic (exact) mass is 190 g/mol. The molecule has 1 N–H and O–H groups in total. The highest BCUT2D eigenvalue weighted by Gasteiger charge is 2.21. The van der Waals surface area contributed by atoms with Gasteiger partial charge in [0.25, 0.3) is 0 Å². The molecule has 0 saturated carbocycles. The number of aromatic hydroxyl groups is 1. The van der Waals surface area contributed by atoms with Gasteiger partial charge < -0.3 is 9.84 Å². The number of phenolic OH excluding ortho intramolecular Hbond substituents is 1. The lowest BCUT2D eigenvalue weighted by Gasteiger charge is -2.22. The van der Waals surface area contributed by atoms with E-state index < -0.39 is 0 Å². The van der Waals surface area contributed by atoms with E-state index in [0.717, 1.165) is 40.8 Å². The lowest BCUT2D eigenvalue weighted by atomic mass is 9.93. The van der Waals surface area contributed by atoms with Crippen molar-refractivity contribution in [3.63, 3.8) is 0 Å². The van der Waals surface area contributed by atoms with Gasteiger partial charge in [0.15, 0.2) is 6.61 Å². The SMILES string of the molecule is Cc1c(C)c2c(c(C)c1O)CC[C]O2. The van der Waals surface area contributed by atoms with Crippen molar-refractivity contribution in [1.29, 1.82) is 0 Å². The molecule has 2 rings (SSSR count). The minimum Gasteiger partial charge on any atom is -0.507 e. The van der Waals surface area contributed by atoms with Gasteiger partial charge in [-0.15, -0.1) is 0 Å². The topological polar surface area (TPSA) is 29.5 Å². The molecular formula is C12H14O2. The van der Waals surface area contributed by atoms with Gasteiger partial charge >= 0.3 is 0 Å². The normalized spacial score (nSPS) is 14.8. The number of rotatable bonds is 0. The molecule has 74 valence electrons. The number of ether oxygens (including phenoxy) is 1. The largest absolute Gasteiger partial charge is 0.507 e. The zero-order valence-electron chi connectivity index (χ0n) is 8.77. The van der Waals surface area contributed by atoms with E-state index in [9.17, 15) is 5.11 Å². The second-order valence-electron chi connectivity index (χ2n) is 3.78. The highest BCUT2D eigenvalue weighted by Crippen LogP contribution is 2.39. The lowest BCUT2D eigenvalue weighted by molar-refractivity contribution is 0.359. The summed E-state index contributed by atoms with van der Waals surface area (Å²) in [6, 6.07) is 0. The summed E-state index contributed by atoms with van der Waals surface area (Å²) in [7, 11) is 0.